The first-order valence-corrected chi connectivity index (χ1v) is 5.84. The Bertz CT molecular complexity index is 187. The van der Waals surface area contributed by atoms with E-state index in [-0.39, 0.29) is 11.9 Å². The molecule has 0 heterocycles. The van der Waals surface area contributed by atoms with Gasteiger partial charge in [-0.1, -0.05) is 33.6 Å². The normalized spacial score (nSPS) is 9.31. The van der Waals surface area contributed by atoms with Crippen LogP contribution in [-0.2, 0) is 14.3 Å². The van der Waals surface area contributed by atoms with E-state index in [1.807, 2.05) is 6.92 Å². The van der Waals surface area contributed by atoms with Crippen LogP contribution in [0.4, 0.5) is 0 Å². The molecule has 0 aromatic carbocycles. The van der Waals surface area contributed by atoms with Crippen LogP contribution in [-0.4, -0.2) is 23.7 Å². The van der Waals surface area contributed by atoms with Crippen molar-refractivity contribution in [1.82, 2.24) is 0 Å². The van der Waals surface area contributed by atoms with E-state index in [1.165, 1.54) is 0 Å². The lowest BCUT2D eigenvalue weighted by Crippen LogP contribution is -2.03. The molecule has 0 bridgehead atoms. The summed E-state index contributed by atoms with van der Waals surface area (Å²) in [6.07, 6.45) is 3.83. The van der Waals surface area contributed by atoms with Crippen molar-refractivity contribution in [2.45, 2.75) is 53.4 Å². The first-order valence-electron chi connectivity index (χ1n) is 5.84. The van der Waals surface area contributed by atoms with Crippen LogP contribution in [0.1, 0.15) is 53.4 Å². The first-order chi connectivity index (χ1) is 7.45. The zero-order chi connectivity index (χ0) is 13.0. The minimum Gasteiger partial charge on any atom is -0.481 e. The fourth-order valence-corrected chi connectivity index (χ4v) is 0.752. The molecule has 0 aliphatic carbocycles. The molecule has 0 spiro atoms. The first kappa shape index (κ1) is 17.3. The average molecular weight is 232 g/mol. The minimum absolute atomic E-state index is 0.0593. The van der Waals surface area contributed by atoms with Crippen molar-refractivity contribution in [3.05, 3.63) is 0 Å². The fourth-order valence-electron chi connectivity index (χ4n) is 0.752. The van der Waals surface area contributed by atoms with Crippen molar-refractivity contribution in [1.29, 1.82) is 0 Å². The Morgan fingerprint density at radius 3 is 2.00 bits per heavy atom. The van der Waals surface area contributed by atoms with Gasteiger partial charge in [0.05, 0.1) is 12.5 Å². The van der Waals surface area contributed by atoms with E-state index >= 15 is 0 Å². The fraction of sp³-hybridized carbons (Fsp3) is 0.833. The van der Waals surface area contributed by atoms with Crippen molar-refractivity contribution in [2.24, 2.45) is 5.92 Å². The van der Waals surface area contributed by atoms with Crippen molar-refractivity contribution in [2.75, 3.05) is 6.61 Å². The maximum Gasteiger partial charge on any atom is 0.305 e. The summed E-state index contributed by atoms with van der Waals surface area (Å²) < 4.78 is 4.75. The number of carboxylic acids is 1. The predicted molar refractivity (Wildman–Crippen MR) is 63.2 cm³/mol. The molecule has 96 valence electrons. The maximum atomic E-state index is 10.7. The van der Waals surface area contributed by atoms with Gasteiger partial charge >= 0.3 is 11.9 Å². The van der Waals surface area contributed by atoms with Crippen LogP contribution < -0.4 is 0 Å². The SMILES string of the molecule is CC(C)C(=O)O.CCCCCC(=O)OCC. The van der Waals surface area contributed by atoms with Crippen molar-refractivity contribution in [3.8, 4) is 0 Å². The summed E-state index contributed by atoms with van der Waals surface area (Å²) in [6.45, 7) is 7.73. The van der Waals surface area contributed by atoms with Gasteiger partial charge in [0.1, 0.15) is 0 Å². The summed E-state index contributed by atoms with van der Waals surface area (Å²) in [5.41, 5.74) is 0. The Morgan fingerprint density at radius 1 is 1.19 bits per heavy atom. The van der Waals surface area contributed by atoms with E-state index in [0.29, 0.717) is 13.0 Å². The lowest BCUT2D eigenvalue weighted by atomic mass is 10.2. The van der Waals surface area contributed by atoms with Crippen molar-refractivity contribution in [3.63, 3.8) is 0 Å². The average Bonchev–Trinajstić information content (AvgIpc) is 2.19. The molecule has 0 unspecified atom stereocenters. The number of esters is 1. The van der Waals surface area contributed by atoms with Crippen molar-refractivity contribution >= 4 is 11.9 Å². The van der Waals surface area contributed by atoms with E-state index in [9.17, 15) is 9.59 Å². The molecule has 0 rings (SSSR count). The van der Waals surface area contributed by atoms with Crippen LogP contribution in [0.3, 0.4) is 0 Å². The second-order valence-corrected chi connectivity index (χ2v) is 3.76. The smallest absolute Gasteiger partial charge is 0.305 e. The number of rotatable bonds is 6. The highest BCUT2D eigenvalue weighted by Crippen LogP contribution is 1.99. The van der Waals surface area contributed by atoms with Gasteiger partial charge in [0.15, 0.2) is 0 Å². The zero-order valence-electron chi connectivity index (χ0n) is 10.8. The number of carboxylic acid groups (broad SMARTS) is 1. The highest BCUT2D eigenvalue weighted by Gasteiger charge is 1.99. The number of hydrogen-bond donors (Lipinski definition) is 1. The molecule has 0 aliphatic rings. The molecule has 16 heavy (non-hydrogen) atoms. The predicted octanol–water partition coefficient (Wildman–Crippen LogP) is 2.86. The monoisotopic (exact) mass is 232 g/mol. The summed E-state index contributed by atoms with van der Waals surface area (Å²) in [7, 11) is 0. The van der Waals surface area contributed by atoms with Crippen LogP contribution >= 0.6 is 0 Å². The molecule has 0 fully saturated rings. The molecule has 4 nitrogen and oxygen atoms in total. The van der Waals surface area contributed by atoms with Gasteiger partial charge < -0.3 is 9.84 Å². The molecule has 0 aromatic heterocycles. The second kappa shape index (κ2) is 12.0. The molecular weight excluding hydrogens is 208 g/mol. The van der Waals surface area contributed by atoms with Gasteiger partial charge in [-0.05, 0) is 13.3 Å². The Labute approximate surface area is 98.0 Å². The number of aliphatic carboxylic acids is 1. The van der Waals surface area contributed by atoms with E-state index in [4.69, 9.17) is 9.84 Å². The summed E-state index contributed by atoms with van der Waals surface area (Å²) in [5.74, 6) is -1.03. The molecule has 0 radical (unpaired) electrons. The number of unbranched alkanes of at least 4 members (excludes halogenated alkanes) is 2. The molecule has 0 amide bonds. The summed E-state index contributed by atoms with van der Waals surface area (Å²) in [5, 5.41) is 7.99. The lowest BCUT2D eigenvalue weighted by molar-refractivity contribution is -0.143. The number of ether oxygens (including phenoxy) is 1. The number of hydrogen-bond acceptors (Lipinski definition) is 3. The maximum absolute atomic E-state index is 10.7. The van der Waals surface area contributed by atoms with Gasteiger partial charge in [0, 0.05) is 6.42 Å². The summed E-state index contributed by atoms with van der Waals surface area (Å²) in [4.78, 5) is 20.4. The van der Waals surface area contributed by atoms with Crippen LogP contribution in [0.25, 0.3) is 0 Å². The van der Waals surface area contributed by atoms with Gasteiger partial charge in [-0.15, -0.1) is 0 Å². The quantitative estimate of drug-likeness (QED) is 0.565. The van der Waals surface area contributed by atoms with Gasteiger partial charge in [-0.3, -0.25) is 9.59 Å². The third-order valence-electron chi connectivity index (χ3n) is 1.78. The van der Waals surface area contributed by atoms with Crippen LogP contribution in [0.2, 0.25) is 0 Å². The Balaban J connectivity index is 0. The molecule has 0 saturated carbocycles. The largest absolute Gasteiger partial charge is 0.481 e. The van der Waals surface area contributed by atoms with Gasteiger partial charge in [-0.25, -0.2) is 0 Å². The molecule has 0 saturated heterocycles. The molecular formula is C12H24O4. The number of carbonyl (C=O) groups excluding carboxylic acids is 1. The van der Waals surface area contributed by atoms with Crippen LogP contribution in [0.15, 0.2) is 0 Å². The molecule has 0 atom stereocenters. The standard InChI is InChI=1S/C8H16O2.C4H8O2/c1-3-5-6-7-8(9)10-4-2;1-3(2)4(5)6/h3-7H2,1-2H3;3H,1-2H3,(H,5,6). The lowest BCUT2D eigenvalue weighted by Gasteiger charge is -1.99. The second-order valence-electron chi connectivity index (χ2n) is 3.76. The summed E-state index contributed by atoms with van der Waals surface area (Å²) >= 11 is 0. The Kier molecular flexibility index (Phi) is 13.0. The zero-order valence-corrected chi connectivity index (χ0v) is 10.8. The minimum atomic E-state index is -0.741. The molecule has 0 aromatic rings. The Morgan fingerprint density at radius 2 is 1.69 bits per heavy atom. The highest BCUT2D eigenvalue weighted by atomic mass is 16.5. The molecule has 0 aliphatic heterocycles. The van der Waals surface area contributed by atoms with Crippen LogP contribution in [0.5, 0.6) is 0 Å². The molecule has 4 heteroatoms. The van der Waals surface area contributed by atoms with Crippen molar-refractivity contribution < 1.29 is 19.4 Å². The van der Waals surface area contributed by atoms with E-state index < -0.39 is 5.97 Å². The Hall–Kier alpha value is -1.06. The van der Waals surface area contributed by atoms with E-state index in [1.54, 1.807) is 13.8 Å². The third-order valence-corrected chi connectivity index (χ3v) is 1.78. The van der Waals surface area contributed by atoms with E-state index in [2.05, 4.69) is 6.92 Å². The third kappa shape index (κ3) is 15.4. The van der Waals surface area contributed by atoms with Gasteiger partial charge in [0.2, 0.25) is 0 Å². The van der Waals surface area contributed by atoms with E-state index in [0.717, 1.165) is 19.3 Å². The highest BCUT2D eigenvalue weighted by molar-refractivity contribution is 5.69. The molecule has 1 N–H and O–H groups in total. The number of carbonyl (C=O) groups is 2. The van der Waals surface area contributed by atoms with Crippen LogP contribution in [0, 0.1) is 5.92 Å². The topological polar surface area (TPSA) is 63.6 Å². The summed E-state index contributed by atoms with van der Waals surface area (Å²) in [6, 6.07) is 0. The van der Waals surface area contributed by atoms with Gasteiger partial charge in [0.25, 0.3) is 0 Å². The van der Waals surface area contributed by atoms with Gasteiger partial charge in [-0.2, -0.15) is 0 Å².